The van der Waals surface area contributed by atoms with Gasteiger partial charge in [-0.05, 0) is 37.0 Å². The first-order valence-electron chi connectivity index (χ1n) is 6.13. The van der Waals surface area contributed by atoms with Gasteiger partial charge in [0.2, 0.25) is 0 Å². The zero-order valence-electron chi connectivity index (χ0n) is 10.2. The fourth-order valence-corrected chi connectivity index (χ4v) is 2.78. The van der Waals surface area contributed by atoms with Crippen LogP contribution >= 0.6 is 15.9 Å². The van der Waals surface area contributed by atoms with Gasteiger partial charge in [-0.1, -0.05) is 22.0 Å². The first kappa shape index (κ1) is 12.6. The Bertz CT molecular complexity index is 395. The van der Waals surface area contributed by atoms with E-state index in [0.717, 1.165) is 36.7 Å². The number of nitrogens with zero attached hydrogens (tertiary/aromatic N) is 1. The number of anilines is 1. The average molecular weight is 296 g/mol. The molecule has 1 aliphatic carbocycles. The Kier molecular flexibility index (Phi) is 4.21. The largest absolute Gasteiger partial charge is 0.374 e. The second kappa shape index (κ2) is 5.67. The van der Waals surface area contributed by atoms with Crippen molar-refractivity contribution in [2.24, 2.45) is 5.92 Å². The number of carbonyl (C=O) groups excluding carboxylic acids is 1. The molecule has 17 heavy (non-hydrogen) atoms. The van der Waals surface area contributed by atoms with Crippen molar-refractivity contribution in [2.75, 3.05) is 18.5 Å². The van der Waals surface area contributed by atoms with E-state index in [1.807, 2.05) is 6.07 Å². The van der Waals surface area contributed by atoms with Crippen molar-refractivity contribution in [3.05, 3.63) is 28.7 Å². The summed E-state index contributed by atoms with van der Waals surface area (Å²) in [7, 11) is 2.12. The van der Waals surface area contributed by atoms with Crippen LogP contribution in [-0.2, 0) is 4.79 Å². The van der Waals surface area contributed by atoms with Gasteiger partial charge >= 0.3 is 0 Å². The Hall–Kier alpha value is -0.830. The van der Waals surface area contributed by atoms with Crippen molar-refractivity contribution in [1.82, 2.24) is 0 Å². The van der Waals surface area contributed by atoms with Gasteiger partial charge in [0.15, 0.2) is 0 Å². The molecule has 0 spiro atoms. The molecule has 0 bridgehead atoms. The maximum absolute atomic E-state index is 11.2. The monoisotopic (exact) mass is 295 g/mol. The third kappa shape index (κ3) is 3.56. The minimum atomic E-state index is 0.436. The van der Waals surface area contributed by atoms with Gasteiger partial charge in [-0.25, -0.2) is 0 Å². The van der Waals surface area contributed by atoms with E-state index in [-0.39, 0.29) is 0 Å². The summed E-state index contributed by atoms with van der Waals surface area (Å²) in [4.78, 5) is 13.5. The predicted octanol–water partition coefficient (Wildman–Crippen LogP) is 3.64. The summed E-state index contributed by atoms with van der Waals surface area (Å²) in [5.41, 5.74) is 1.23. The Morgan fingerprint density at radius 2 is 2.06 bits per heavy atom. The molecule has 1 aromatic carbocycles. The Balaban J connectivity index is 1.92. The Labute approximate surface area is 111 Å². The fraction of sp³-hybridized carbons (Fsp3) is 0.500. The lowest BCUT2D eigenvalue weighted by atomic mass is 9.88. The maximum Gasteiger partial charge on any atom is 0.132 e. The number of benzene rings is 1. The molecule has 92 valence electrons. The summed E-state index contributed by atoms with van der Waals surface area (Å²) in [6.07, 6.45) is 3.66. The number of ketones is 1. The minimum Gasteiger partial charge on any atom is -0.374 e. The highest BCUT2D eigenvalue weighted by Crippen LogP contribution is 2.25. The number of carbonyl (C=O) groups is 1. The molecule has 0 aromatic heterocycles. The molecule has 0 atom stereocenters. The van der Waals surface area contributed by atoms with E-state index in [4.69, 9.17) is 0 Å². The SMILES string of the molecule is CN(CC1CCC(=O)CC1)c1cccc(Br)c1. The first-order valence-corrected chi connectivity index (χ1v) is 6.93. The lowest BCUT2D eigenvalue weighted by Crippen LogP contribution is -2.28. The summed E-state index contributed by atoms with van der Waals surface area (Å²) in [5, 5.41) is 0. The highest BCUT2D eigenvalue weighted by Gasteiger charge is 2.20. The molecule has 3 heteroatoms. The second-order valence-corrected chi connectivity index (χ2v) is 5.76. The van der Waals surface area contributed by atoms with Crippen LogP contribution in [-0.4, -0.2) is 19.4 Å². The van der Waals surface area contributed by atoms with Crippen LogP contribution in [0.1, 0.15) is 25.7 Å². The molecule has 1 saturated carbocycles. The summed E-state index contributed by atoms with van der Waals surface area (Å²) >= 11 is 3.49. The van der Waals surface area contributed by atoms with Crippen LogP contribution in [0.2, 0.25) is 0 Å². The summed E-state index contributed by atoms with van der Waals surface area (Å²) in [5.74, 6) is 1.10. The van der Waals surface area contributed by atoms with Gasteiger partial charge in [0.05, 0.1) is 0 Å². The van der Waals surface area contributed by atoms with E-state index >= 15 is 0 Å². The first-order chi connectivity index (χ1) is 8.15. The molecule has 1 fully saturated rings. The van der Waals surface area contributed by atoms with Crippen molar-refractivity contribution in [3.8, 4) is 0 Å². The molecule has 2 rings (SSSR count). The number of rotatable bonds is 3. The topological polar surface area (TPSA) is 20.3 Å². The van der Waals surface area contributed by atoms with Gasteiger partial charge in [0, 0.05) is 36.6 Å². The number of hydrogen-bond donors (Lipinski definition) is 0. The molecule has 2 nitrogen and oxygen atoms in total. The molecule has 0 saturated heterocycles. The molecule has 1 aromatic rings. The van der Waals surface area contributed by atoms with E-state index in [2.05, 4.69) is 46.1 Å². The molecule has 0 N–H and O–H groups in total. The zero-order valence-corrected chi connectivity index (χ0v) is 11.7. The molecular weight excluding hydrogens is 278 g/mol. The zero-order chi connectivity index (χ0) is 12.3. The van der Waals surface area contributed by atoms with E-state index in [0.29, 0.717) is 11.7 Å². The van der Waals surface area contributed by atoms with Gasteiger partial charge in [-0.2, -0.15) is 0 Å². The summed E-state index contributed by atoms with van der Waals surface area (Å²) < 4.78 is 1.11. The smallest absolute Gasteiger partial charge is 0.132 e. The van der Waals surface area contributed by atoms with Gasteiger partial charge in [0.25, 0.3) is 0 Å². The number of hydrogen-bond acceptors (Lipinski definition) is 2. The van der Waals surface area contributed by atoms with Crippen LogP contribution in [0.5, 0.6) is 0 Å². The lowest BCUT2D eigenvalue weighted by molar-refractivity contribution is -0.120. The van der Waals surface area contributed by atoms with Gasteiger partial charge in [-0.3, -0.25) is 4.79 Å². The average Bonchev–Trinajstić information content (AvgIpc) is 2.32. The molecule has 0 aliphatic heterocycles. The van der Waals surface area contributed by atoms with Gasteiger partial charge < -0.3 is 4.90 Å². The maximum atomic E-state index is 11.2. The second-order valence-electron chi connectivity index (χ2n) is 4.84. The lowest BCUT2D eigenvalue weighted by Gasteiger charge is -2.28. The molecule has 1 aliphatic rings. The molecule has 0 unspecified atom stereocenters. The third-order valence-electron chi connectivity index (χ3n) is 3.44. The summed E-state index contributed by atoms with van der Waals surface area (Å²) in [6.45, 7) is 1.05. The quantitative estimate of drug-likeness (QED) is 0.848. The van der Waals surface area contributed by atoms with Crippen LogP contribution in [0.25, 0.3) is 0 Å². The standard InChI is InChI=1S/C14H18BrNO/c1-16(13-4-2-3-12(15)9-13)10-11-5-7-14(17)8-6-11/h2-4,9,11H,5-8,10H2,1H3. The van der Waals surface area contributed by atoms with E-state index in [9.17, 15) is 4.79 Å². The highest BCUT2D eigenvalue weighted by molar-refractivity contribution is 9.10. The van der Waals surface area contributed by atoms with Crippen LogP contribution in [0, 0.1) is 5.92 Å². The number of halogens is 1. The predicted molar refractivity (Wildman–Crippen MR) is 74.4 cm³/mol. The van der Waals surface area contributed by atoms with Crippen molar-refractivity contribution >= 4 is 27.4 Å². The number of Topliss-reactive ketones (excluding diaryl/α,β-unsaturated/α-hetero) is 1. The van der Waals surface area contributed by atoms with Crippen molar-refractivity contribution in [3.63, 3.8) is 0 Å². The molecule has 0 radical (unpaired) electrons. The van der Waals surface area contributed by atoms with Gasteiger partial charge in [-0.15, -0.1) is 0 Å². The van der Waals surface area contributed by atoms with Crippen molar-refractivity contribution < 1.29 is 4.79 Å². The van der Waals surface area contributed by atoms with E-state index in [1.165, 1.54) is 5.69 Å². The molecule has 0 heterocycles. The Morgan fingerprint density at radius 1 is 1.35 bits per heavy atom. The molecule has 0 amide bonds. The Morgan fingerprint density at radius 3 is 2.71 bits per heavy atom. The van der Waals surface area contributed by atoms with Crippen LogP contribution in [0.4, 0.5) is 5.69 Å². The van der Waals surface area contributed by atoms with E-state index < -0.39 is 0 Å². The third-order valence-corrected chi connectivity index (χ3v) is 3.94. The summed E-state index contributed by atoms with van der Waals surface area (Å²) in [6, 6.07) is 8.35. The van der Waals surface area contributed by atoms with Crippen LogP contribution in [0.15, 0.2) is 28.7 Å². The van der Waals surface area contributed by atoms with E-state index in [1.54, 1.807) is 0 Å². The van der Waals surface area contributed by atoms with Crippen molar-refractivity contribution in [2.45, 2.75) is 25.7 Å². The molecular formula is C14H18BrNO. The minimum absolute atomic E-state index is 0.436. The van der Waals surface area contributed by atoms with Crippen molar-refractivity contribution in [1.29, 1.82) is 0 Å². The highest BCUT2D eigenvalue weighted by atomic mass is 79.9. The normalized spacial score (nSPS) is 17.2. The van der Waals surface area contributed by atoms with Crippen LogP contribution < -0.4 is 4.90 Å². The fourth-order valence-electron chi connectivity index (χ4n) is 2.39. The van der Waals surface area contributed by atoms with Gasteiger partial charge in [0.1, 0.15) is 5.78 Å². The van der Waals surface area contributed by atoms with Crippen LogP contribution in [0.3, 0.4) is 0 Å².